The van der Waals surface area contributed by atoms with Crippen LogP contribution in [0.1, 0.15) is 143 Å². The van der Waals surface area contributed by atoms with Gasteiger partial charge in [0.15, 0.2) is 0 Å². The average Bonchev–Trinajstić information content (AvgIpc) is 2.75. The minimum absolute atomic E-state index is 0.116. The maximum Gasteiger partial charge on any atom is 0.319 e. The van der Waals surface area contributed by atoms with E-state index in [-0.39, 0.29) is 5.97 Å². The fourth-order valence-electron chi connectivity index (χ4n) is 4.49. The maximum absolute atomic E-state index is 12.6. The van der Waals surface area contributed by atoms with Crippen molar-refractivity contribution >= 4 is 14.3 Å². The van der Waals surface area contributed by atoms with Crippen LogP contribution in [0, 0.1) is 0 Å². The van der Waals surface area contributed by atoms with Gasteiger partial charge in [-0.05, 0) is 25.1 Å². The number of hydrogen-bond donors (Lipinski definition) is 0. The molecule has 0 saturated carbocycles. The van der Waals surface area contributed by atoms with Crippen molar-refractivity contribution in [3.05, 3.63) is 12.2 Å². The van der Waals surface area contributed by atoms with Gasteiger partial charge in [0.25, 0.3) is 8.32 Å². The third kappa shape index (κ3) is 17.6. The van der Waals surface area contributed by atoms with Gasteiger partial charge in [-0.2, -0.15) is 0 Å². The number of unbranched alkanes of at least 4 members (excludes halogenated alkanes) is 15. The quantitative estimate of drug-likeness (QED) is 0.0875. The van der Waals surface area contributed by atoms with E-state index in [4.69, 9.17) is 4.43 Å². The maximum atomic E-state index is 12.6. The van der Waals surface area contributed by atoms with Crippen molar-refractivity contribution in [3.8, 4) is 0 Å². The topological polar surface area (TPSA) is 26.3 Å². The van der Waals surface area contributed by atoms with E-state index < -0.39 is 8.32 Å². The fourth-order valence-corrected chi connectivity index (χ4v) is 8.80. The molecule has 3 heteroatoms. The molecule has 0 atom stereocenters. The molecule has 0 amide bonds. The van der Waals surface area contributed by atoms with Gasteiger partial charge < -0.3 is 4.43 Å². The van der Waals surface area contributed by atoms with E-state index in [1.54, 1.807) is 0 Å². The van der Waals surface area contributed by atoms with E-state index in [0.29, 0.717) is 5.57 Å². The summed E-state index contributed by atoms with van der Waals surface area (Å²) in [5, 5.41) is 0. The highest BCUT2D eigenvalue weighted by atomic mass is 28.4. The molecular formula is C28H56O2Si. The van der Waals surface area contributed by atoms with Crippen molar-refractivity contribution < 1.29 is 9.22 Å². The van der Waals surface area contributed by atoms with Gasteiger partial charge in [0.05, 0.1) is 0 Å². The Balaban J connectivity index is 4.88. The zero-order valence-corrected chi connectivity index (χ0v) is 22.9. The molecule has 0 heterocycles. The molecule has 0 rings (SSSR count). The highest BCUT2D eigenvalue weighted by Gasteiger charge is 2.37. The van der Waals surface area contributed by atoms with Gasteiger partial charge in [0.1, 0.15) is 0 Å². The molecule has 0 fully saturated rings. The second-order valence-electron chi connectivity index (χ2n) is 9.91. The molecule has 0 aliphatic carbocycles. The van der Waals surface area contributed by atoms with E-state index in [2.05, 4.69) is 27.4 Å². The largest absolute Gasteiger partial charge is 0.516 e. The highest BCUT2D eigenvalue weighted by molar-refractivity contribution is 6.75. The van der Waals surface area contributed by atoms with Crippen LogP contribution in [0.5, 0.6) is 0 Å². The van der Waals surface area contributed by atoms with Crippen LogP contribution < -0.4 is 0 Å². The van der Waals surface area contributed by atoms with Gasteiger partial charge in [0.2, 0.25) is 0 Å². The molecule has 0 aromatic heterocycles. The van der Waals surface area contributed by atoms with Gasteiger partial charge in [-0.25, -0.2) is 4.79 Å². The molecule has 0 aromatic carbocycles. The molecule has 0 aliphatic heterocycles. The number of carbonyl (C=O) groups is 1. The molecule has 0 N–H and O–H groups in total. The minimum atomic E-state index is -2.04. The summed E-state index contributed by atoms with van der Waals surface area (Å²) in [6.07, 6.45) is 23.6. The molecule has 0 aliphatic rings. The first-order valence-corrected chi connectivity index (χ1v) is 16.4. The van der Waals surface area contributed by atoms with E-state index in [9.17, 15) is 4.79 Å². The summed E-state index contributed by atoms with van der Waals surface area (Å²) in [5.41, 5.74) is 0.575. The Hall–Kier alpha value is -0.573. The first-order valence-electron chi connectivity index (χ1n) is 13.9. The molecular weight excluding hydrogens is 396 g/mol. The molecule has 0 bridgehead atoms. The van der Waals surface area contributed by atoms with Crippen LogP contribution in [0.2, 0.25) is 18.1 Å². The summed E-state index contributed by atoms with van der Waals surface area (Å²) < 4.78 is 6.38. The van der Waals surface area contributed by atoms with E-state index in [0.717, 1.165) is 0 Å². The average molecular weight is 453 g/mol. The number of carbonyl (C=O) groups excluding carboxylic acids is 1. The van der Waals surface area contributed by atoms with Crippen LogP contribution in [-0.4, -0.2) is 14.3 Å². The van der Waals surface area contributed by atoms with Crippen molar-refractivity contribution in [1.29, 1.82) is 0 Å². The van der Waals surface area contributed by atoms with Crippen LogP contribution in [0.15, 0.2) is 12.2 Å². The zero-order chi connectivity index (χ0) is 23.2. The summed E-state index contributed by atoms with van der Waals surface area (Å²) in [6.45, 7) is 12.5. The first-order chi connectivity index (χ1) is 15.0. The second-order valence-corrected chi connectivity index (χ2v) is 14.0. The summed E-state index contributed by atoms with van der Waals surface area (Å²) in [6, 6.07) is 3.51. The third-order valence-electron chi connectivity index (χ3n) is 6.62. The van der Waals surface area contributed by atoms with Gasteiger partial charge in [-0.15, -0.1) is 0 Å². The Morgan fingerprint density at radius 2 is 0.871 bits per heavy atom. The molecule has 0 spiro atoms. The first kappa shape index (κ1) is 30.4. The van der Waals surface area contributed by atoms with E-state index in [1.165, 1.54) is 134 Å². The normalized spacial score (nSPS) is 11.6. The second kappa shape index (κ2) is 21.3. The number of rotatable bonds is 23. The Morgan fingerprint density at radius 3 is 1.16 bits per heavy atom. The van der Waals surface area contributed by atoms with Crippen molar-refractivity contribution in [2.75, 3.05) is 0 Å². The lowest BCUT2D eigenvalue weighted by molar-refractivity contribution is -0.131. The third-order valence-corrected chi connectivity index (χ3v) is 11.0. The summed E-state index contributed by atoms with van der Waals surface area (Å²) in [4.78, 5) is 12.6. The van der Waals surface area contributed by atoms with Gasteiger partial charge in [-0.1, -0.05) is 143 Å². The Labute approximate surface area is 197 Å². The van der Waals surface area contributed by atoms with E-state index in [1.807, 2.05) is 6.92 Å². The van der Waals surface area contributed by atoms with E-state index >= 15 is 0 Å². The molecule has 0 radical (unpaired) electrons. The van der Waals surface area contributed by atoms with Crippen molar-refractivity contribution in [3.63, 3.8) is 0 Å². The van der Waals surface area contributed by atoms with Gasteiger partial charge in [-0.3, -0.25) is 0 Å². The van der Waals surface area contributed by atoms with Gasteiger partial charge in [0, 0.05) is 5.57 Å². The Bertz CT molecular complexity index is 392. The van der Waals surface area contributed by atoms with Crippen LogP contribution in [-0.2, 0) is 9.22 Å². The standard InChI is InChI=1S/C28H56O2Si/c1-6-9-12-15-18-21-24-31(30-28(29)27(4)5,25-22-19-16-13-10-7-2)26-23-20-17-14-11-8-3/h4,6-26H2,1-3,5H3. The monoisotopic (exact) mass is 452 g/mol. The summed E-state index contributed by atoms with van der Waals surface area (Å²) >= 11 is 0. The van der Waals surface area contributed by atoms with Crippen molar-refractivity contribution in [2.45, 2.75) is 161 Å². The van der Waals surface area contributed by atoms with Gasteiger partial charge >= 0.3 is 5.97 Å². The van der Waals surface area contributed by atoms with Crippen molar-refractivity contribution in [2.24, 2.45) is 0 Å². The van der Waals surface area contributed by atoms with Crippen LogP contribution in [0.3, 0.4) is 0 Å². The SMILES string of the molecule is C=C(C)C(=O)O[Si](CCCCCCCC)(CCCCCCCC)CCCCCCCC. The number of hydrogen-bond acceptors (Lipinski definition) is 2. The highest BCUT2D eigenvalue weighted by Crippen LogP contribution is 2.32. The molecule has 0 aromatic rings. The lowest BCUT2D eigenvalue weighted by atomic mass is 10.1. The van der Waals surface area contributed by atoms with Crippen LogP contribution in [0.25, 0.3) is 0 Å². The molecule has 0 unspecified atom stereocenters. The fraction of sp³-hybridized carbons (Fsp3) is 0.893. The predicted octanol–water partition coefficient (Wildman–Crippen LogP) is 10.1. The Kier molecular flexibility index (Phi) is 20.9. The predicted molar refractivity (Wildman–Crippen MR) is 141 cm³/mol. The minimum Gasteiger partial charge on any atom is -0.516 e. The molecule has 2 nitrogen and oxygen atoms in total. The van der Waals surface area contributed by atoms with Crippen molar-refractivity contribution in [1.82, 2.24) is 0 Å². The Morgan fingerprint density at radius 1 is 0.581 bits per heavy atom. The lowest BCUT2D eigenvalue weighted by Crippen LogP contribution is -2.40. The smallest absolute Gasteiger partial charge is 0.319 e. The molecule has 184 valence electrons. The molecule has 31 heavy (non-hydrogen) atoms. The summed E-state index contributed by atoms with van der Waals surface area (Å²) in [7, 11) is -2.04. The summed E-state index contributed by atoms with van der Waals surface area (Å²) in [5.74, 6) is -0.116. The van der Waals surface area contributed by atoms with Crippen LogP contribution >= 0.6 is 0 Å². The van der Waals surface area contributed by atoms with Crippen LogP contribution in [0.4, 0.5) is 0 Å². The lowest BCUT2D eigenvalue weighted by Gasteiger charge is -2.32. The zero-order valence-electron chi connectivity index (χ0n) is 21.9. The molecule has 0 saturated heterocycles.